The number of aliphatic hydroxyl groups is 1. The minimum Gasteiger partial charge on any atom is -0.461 e. The lowest BCUT2D eigenvalue weighted by Gasteiger charge is -2.23. The second-order valence-corrected chi connectivity index (χ2v) is 6.16. The first-order valence-corrected chi connectivity index (χ1v) is 7.96. The van der Waals surface area contributed by atoms with E-state index < -0.39 is 23.8 Å². The molecule has 130 valence electrons. The van der Waals surface area contributed by atoms with E-state index in [1.165, 1.54) is 12.3 Å². The molecule has 4 rings (SSSR count). The Balaban J connectivity index is 1.57. The van der Waals surface area contributed by atoms with Crippen molar-refractivity contribution in [3.8, 4) is 11.5 Å². The first-order valence-electron chi connectivity index (χ1n) is 7.96. The fourth-order valence-electron chi connectivity index (χ4n) is 3.28. The Hall–Kier alpha value is -2.51. The highest BCUT2D eigenvalue weighted by Gasteiger charge is 2.34. The normalized spacial score (nSPS) is 21.1. The summed E-state index contributed by atoms with van der Waals surface area (Å²) in [6, 6.07) is 8.20. The minimum atomic E-state index is -0.607. The number of aromatic nitrogens is 1. The van der Waals surface area contributed by atoms with Crippen molar-refractivity contribution in [2.75, 3.05) is 6.54 Å². The summed E-state index contributed by atoms with van der Waals surface area (Å²) in [5.74, 6) is 0.0716. The predicted octanol–water partition coefficient (Wildman–Crippen LogP) is 3.52. The molecule has 2 aromatic heterocycles. The van der Waals surface area contributed by atoms with Gasteiger partial charge in [0.25, 0.3) is 0 Å². The Morgan fingerprint density at radius 1 is 1.20 bits per heavy atom. The van der Waals surface area contributed by atoms with Gasteiger partial charge in [-0.1, -0.05) is 5.16 Å². The van der Waals surface area contributed by atoms with Gasteiger partial charge in [-0.05, 0) is 36.8 Å². The Kier molecular flexibility index (Phi) is 4.10. The van der Waals surface area contributed by atoms with Crippen LogP contribution in [0.3, 0.4) is 0 Å². The third-order valence-electron chi connectivity index (χ3n) is 4.39. The van der Waals surface area contributed by atoms with Crippen LogP contribution in [-0.2, 0) is 6.54 Å². The molecule has 0 aliphatic carbocycles. The zero-order chi connectivity index (χ0) is 17.4. The molecule has 1 aromatic carbocycles. The number of hydrogen-bond donors (Lipinski definition) is 1. The largest absolute Gasteiger partial charge is 0.461 e. The van der Waals surface area contributed by atoms with E-state index in [0.717, 1.165) is 12.1 Å². The number of furan rings is 1. The molecular formula is C18H16F2N2O3. The van der Waals surface area contributed by atoms with Gasteiger partial charge in [-0.2, -0.15) is 0 Å². The van der Waals surface area contributed by atoms with E-state index in [9.17, 15) is 13.9 Å². The van der Waals surface area contributed by atoms with Gasteiger partial charge in [0.2, 0.25) is 5.76 Å². The molecule has 5 nitrogen and oxygen atoms in total. The maximum absolute atomic E-state index is 14.1. The van der Waals surface area contributed by atoms with E-state index >= 15 is 0 Å². The number of hydrogen-bond acceptors (Lipinski definition) is 5. The summed E-state index contributed by atoms with van der Waals surface area (Å²) in [6.45, 7) is 0.700. The summed E-state index contributed by atoms with van der Waals surface area (Å²) in [4.78, 5) is 1.87. The van der Waals surface area contributed by atoms with Crippen LogP contribution in [0.2, 0.25) is 0 Å². The van der Waals surface area contributed by atoms with Crippen molar-refractivity contribution in [1.82, 2.24) is 10.1 Å². The van der Waals surface area contributed by atoms with E-state index in [0.29, 0.717) is 36.7 Å². The Bertz CT molecular complexity index is 863. The number of aliphatic hydroxyl groups excluding tert-OH is 1. The highest BCUT2D eigenvalue weighted by Crippen LogP contribution is 2.35. The molecule has 2 unspecified atom stereocenters. The molecule has 25 heavy (non-hydrogen) atoms. The van der Waals surface area contributed by atoms with Crippen LogP contribution in [0.4, 0.5) is 8.78 Å². The van der Waals surface area contributed by atoms with Gasteiger partial charge in [0.15, 0.2) is 5.76 Å². The molecule has 1 saturated heterocycles. The van der Waals surface area contributed by atoms with E-state index in [2.05, 4.69) is 5.16 Å². The summed E-state index contributed by atoms with van der Waals surface area (Å²) >= 11 is 0. The molecule has 0 radical (unpaired) electrons. The smallest absolute Gasteiger partial charge is 0.202 e. The van der Waals surface area contributed by atoms with Crippen LogP contribution in [0, 0.1) is 11.6 Å². The Labute approximate surface area is 142 Å². The fourth-order valence-corrected chi connectivity index (χ4v) is 3.28. The fraction of sp³-hybridized carbons (Fsp3) is 0.278. The van der Waals surface area contributed by atoms with Crippen molar-refractivity contribution in [3.05, 3.63) is 65.6 Å². The lowest BCUT2D eigenvalue weighted by atomic mass is 10.0. The molecule has 1 aliphatic rings. The number of likely N-dealkylation sites (tertiary alicyclic amines) is 1. The Morgan fingerprint density at radius 3 is 2.88 bits per heavy atom. The van der Waals surface area contributed by atoms with Crippen LogP contribution in [0.1, 0.15) is 23.7 Å². The Morgan fingerprint density at radius 2 is 2.08 bits per heavy atom. The SMILES string of the molecule is OC1CC(c2cc(F)ccc2F)N(Cc2cc(-c3ccco3)on2)C1. The lowest BCUT2D eigenvalue weighted by molar-refractivity contribution is 0.171. The molecule has 1 N–H and O–H groups in total. The molecule has 0 amide bonds. The van der Waals surface area contributed by atoms with E-state index in [1.807, 2.05) is 4.90 Å². The van der Waals surface area contributed by atoms with Gasteiger partial charge < -0.3 is 14.0 Å². The zero-order valence-electron chi connectivity index (χ0n) is 13.2. The van der Waals surface area contributed by atoms with Crippen LogP contribution >= 0.6 is 0 Å². The van der Waals surface area contributed by atoms with E-state index in [-0.39, 0.29) is 5.56 Å². The van der Waals surface area contributed by atoms with Crippen molar-refractivity contribution < 1.29 is 22.8 Å². The first kappa shape index (κ1) is 16.0. The topological polar surface area (TPSA) is 62.6 Å². The van der Waals surface area contributed by atoms with Gasteiger partial charge in [-0.3, -0.25) is 4.90 Å². The molecule has 2 atom stereocenters. The van der Waals surface area contributed by atoms with Gasteiger partial charge in [0, 0.05) is 30.8 Å². The van der Waals surface area contributed by atoms with Crippen molar-refractivity contribution in [3.63, 3.8) is 0 Å². The molecule has 0 bridgehead atoms. The van der Waals surface area contributed by atoms with Gasteiger partial charge in [-0.25, -0.2) is 8.78 Å². The van der Waals surface area contributed by atoms with E-state index in [4.69, 9.17) is 8.94 Å². The van der Waals surface area contributed by atoms with E-state index in [1.54, 1.807) is 18.2 Å². The van der Waals surface area contributed by atoms with Crippen LogP contribution < -0.4 is 0 Å². The predicted molar refractivity (Wildman–Crippen MR) is 84.3 cm³/mol. The van der Waals surface area contributed by atoms with Crippen LogP contribution in [0.15, 0.2) is 51.6 Å². The summed E-state index contributed by atoms with van der Waals surface area (Å²) in [6.07, 6.45) is 1.27. The van der Waals surface area contributed by atoms with Crippen molar-refractivity contribution in [2.24, 2.45) is 0 Å². The second kappa shape index (κ2) is 6.42. The standard InChI is InChI=1S/C18H16F2N2O3/c19-11-3-4-15(20)14(6-11)16-8-13(23)10-22(16)9-12-7-18(25-21-12)17-2-1-5-24-17/h1-7,13,16,23H,8-10H2. The summed E-state index contributed by atoms with van der Waals surface area (Å²) in [5, 5.41) is 14.0. The molecule has 3 heterocycles. The molecule has 1 fully saturated rings. The van der Waals surface area contributed by atoms with Crippen molar-refractivity contribution in [1.29, 1.82) is 0 Å². The van der Waals surface area contributed by atoms with Gasteiger partial charge in [0.1, 0.15) is 11.6 Å². The second-order valence-electron chi connectivity index (χ2n) is 6.16. The average Bonchev–Trinajstić information content (AvgIpc) is 3.30. The zero-order valence-corrected chi connectivity index (χ0v) is 13.2. The first-order chi connectivity index (χ1) is 12.1. The van der Waals surface area contributed by atoms with Crippen LogP contribution in [0.5, 0.6) is 0 Å². The van der Waals surface area contributed by atoms with Crippen LogP contribution in [0.25, 0.3) is 11.5 Å². The molecule has 0 spiro atoms. The average molecular weight is 346 g/mol. The van der Waals surface area contributed by atoms with Gasteiger partial charge in [0.05, 0.1) is 18.1 Å². The molecule has 1 aliphatic heterocycles. The summed E-state index contributed by atoms with van der Waals surface area (Å²) in [7, 11) is 0. The van der Waals surface area contributed by atoms with Gasteiger partial charge >= 0.3 is 0 Å². The quantitative estimate of drug-likeness (QED) is 0.783. The number of halogens is 2. The maximum atomic E-state index is 14.1. The molecule has 7 heteroatoms. The minimum absolute atomic E-state index is 0.242. The molecular weight excluding hydrogens is 330 g/mol. The highest BCUT2D eigenvalue weighted by molar-refractivity contribution is 5.49. The molecule has 3 aromatic rings. The highest BCUT2D eigenvalue weighted by atomic mass is 19.1. The maximum Gasteiger partial charge on any atom is 0.202 e. The summed E-state index contributed by atoms with van der Waals surface area (Å²) < 4.78 is 38.2. The van der Waals surface area contributed by atoms with Crippen LogP contribution in [-0.4, -0.2) is 27.8 Å². The monoisotopic (exact) mass is 346 g/mol. The van der Waals surface area contributed by atoms with Crippen molar-refractivity contribution >= 4 is 0 Å². The number of β-amino-alcohol motifs (C(OH)–C–C–N with tert-alkyl or cyclic N) is 1. The molecule has 0 saturated carbocycles. The van der Waals surface area contributed by atoms with Gasteiger partial charge in [-0.15, -0.1) is 0 Å². The summed E-state index contributed by atoms with van der Waals surface area (Å²) in [5.41, 5.74) is 0.869. The third kappa shape index (κ3) is 3.20. The number of benzene rings is 1. The number of nitrogens with zero attached hydrogens (tertiary/aromatic N) is 2. The third-order valence-corrected chi connectivity index (χ3v) is 4.39. The number of rotatable bonds is 4. The van der Waals surface area contributed by atoms with Crippen molar-refractivity contribution in [2.45, 2.75) is 25.1 Å². The lowest BCUT2D eigenvalue weighted by Crippen LogP contribution is -2.25.